The number of anilines is 1. The fourth-order valence-corrected chi connectivity index (χ4v) is 2.97. The normalized spacial score (nSPS) is 13.9. The summed E-state index contributed by atoms with van der Waals surface area (Å²) in [6.45, 7) is 6.30. The number of hydrogen-bond acceptors (Lipinski definition) is 5. The largest absolute Gasteiger partial charge is 0.474 e. The van der Waals surface area contributed by atoms with Crippen LogP contribution in [0.2, 0.25) is 0 Å². The molecule has 2 aromatic rings. The van der Waals surface area contributed by atoms with E-state index in [4.69, 9.17) is 9.84 Å². The van der Waals surface area contributed by atoms with Gasteiger partial charge in [0.1, 0.15) is 6.61 Å². The molecular weight excluding hydrogens is 278 g/mol. The lowest BCUT2D eigenvalue weighted by molar-refractivity contribution is 0.196. The van der Waals surface area contributed by atoms with Crippen LogP contribution in [0.4, 0.5) is 5.82 Å². The molecule has 0 radical (unpaired) electrons. The van der Waals surface area contributed by atoms with Crippen LogP contribution in [0.1, 0.15) is 22.3 Å². The highest BCUT2D eigenvalue weighted by Gasteiger charge is 2.20. The standard InChI is InChI=1S/C17H21N3O2/c1-12-7-13(2)15-11-20(4-3-14(15)8-12)16-9-18-10-17(19-16)22-6-5-21/h7-10,21H,3-6,11H2,1-2H3. The van der Waals surface area contributed by atoms with Gasteiger partial charge in [-0.2, -0.15) is 4.98 Å². The number of aliphatic hydroxyl groups is 1. The van der Waals surface area contributed by atoms with Crippen LogP contribution in [0.3, 0.4) is 0 Å². The summed E-state index contributed by atoms with van der Waals surface area (Å²) in [7, 11) is 0. The van der Waals surface area contributed by atoms with Crippen LogP contribution in [0, 0.1) is 13.8 Å². The Labute approximate surface area is 130 Å². The lowest BCUT2D eigenvalue weighted by Gasteiger charge is -2.31. The zero-order chi connectivity index (χ0) is 15.5. The number of aryl methyl sites for hydroxylation is 2. The summed E-state index contributed by atoms with van der Waals surface area (Å²) in [6.07, 6.45) is 4.35. The molecule has 1 aromatic carbocycles. The first-order valence-corrected chi connectivity index (χ1v) is 7.57. The summed E-state index contributed by atoms with van der Waals surface area (Å²) < 4.78 is 5.35. The van der Waals surface area contributed by atoms with Gasteiger partial charge in [0.2, 0.25) is 5.88 Å². The molecule has 0 spiro atoms. The van der Waals surface area contributed by atoms with Crippen LogP contribution < -0.4 is 9.64 Å². The van der Waals surface area contributed by atoms with Gasteiger partial charge in [0.15, 0.2) is 5.82 Å². The molecule has 0 bridgehead atoms. The predicted octanol–water partition coefficient (Wildman–Crippen LogP) is 2.03. The van der Waals surface area contributed by atoms with Crippen LogP contribution >= 0.6 is 0 Å². The molecule has 2 heterocycles. The molecule has 22 heavy (non-hydrogen) atoms. The molecule has 5 heteroatoms. The molecule has 1 aliphatic rings. The fourth-order valence-electron chi connectivity index (χ4n) is 2.97. The van der Waals surface area contributed by atoms with Crippen molar-refractivity contribution in [2.75, 3.05) is 24.7 Å². The van der Waals surface area contributed by atoms with Gasteiger partial charge in [0.25, 0.3) is 0 Å². The molecule has 0 fully saturated rings. The first-order valence-electron chi connectivity index (χ1n) is 7.57. The molecule has 116 valence electrons. The van der Waals surface area contributed by atoms with E-state index in [9.17, 15) is 0 Å². The zero-order valence-electron chi connectivity index (χ0n) is 13.0. The van der Waals surface area contributed by atoms with Gasteiger partial charge in [-0.3, -0.25) is 4.98 Å². The summed E-state index contributed by atoms with van der Waals surface area (Å²) in [6, 6.07) is 4.51. The fraction of sp³-hybridized carbons (Fsp3) is 0.412. The van der Waals surface area contributed by atoms with E-state index >= 15 is 0 Å². The van der Waals surface area contributed by atoms with E-state index in [0.29, 0.717) is 5.88 Å². The minimum absolute atomic E-state index is 0.0262. The molecule has 1 aliphatic heterocycles. The summed E-state index contributed by atoms with van der Waals surface area (Å²) in [5.41, 5.74) is 5.49. The van der Waals surface area contributed by atoms with E-state index in [0.717, 1.165) is 25.3 Å². The Morgan fingerprint density at radius 1 is 1.27 bits per heavy atom. The third-order valence-corrected chi connectivity index (χ3v) is 3.97. The van der Waals surface area contributed by atoms with E-state index in [1.54, 1.807) is 12.4 Å². The van der Waals surface area contributed by atoms with Crippen molar-refractivity contribution in [3.8, 4) is 5.88 Å². The highest BCUT2D eigenvalue weighted by atomic mass is 16.5. The SMILES string of the molecule is Cc1cc(C)c2c(c1)CCN(c1cncc(OCCO)n1)C2. The highest BCUT2D eigenvalue weighted by molar-refractivity contribution is 5.47. The van der Waals surface area contributed by atoms with Gasteiger partial charge in [-0.25, -0.2) is 0 Å². The van der Waals surface area contributed by atoms with Crippen LogP contribution in [-0.4, -0.2) is 34.8 Å². The number of rotatable bonds is 4. The van der Waals surface area contributed by atoms with E-state index in [-0.39, 0.29) is 13.2 Å². The number of nitrogens with zero attached hydrogens (tertiary/aromatic N) is 3. The van der Waals surface area contributed by atoms with Gasteiger partial charge in [-0.1, -0.05) is 17.7 Å². The Kier molecular flexibility index (Phi) is 4.24. The van der Waals surface area contributed by atoms with Crippen molar-refractivity contribution < 1.29 is 9.84 Å². The van der Waals surface area contributed by atoms with Crippen molar-refractivity contribution in [1.29, 1.82) is 0 Å². The van der Waals surface area contributed by atoms with Crippen molar-refractivity contribution in [3.05, 3.63) is 46.8 Å². The summed E-state index contributed by atoms with van der Waals surface area (Å²) in [4.78, 5) is 10.9. The maximum atomic E-state index is 8.82. The van der Waals surface area contributed by atoms with E-state index < -0.39 is 0 Å². The van der Waals surface area contributed by atoms with Crippen molar-refractivity contribution in [3.63, 3.8) is 0 Å². The van der Waals surface area contributed by atoms with E-state index in [2.05, 4.69) is 40.8 Å². The Morgan fingerprint density at radius 3 is 2.95 bits per heavy atom. The molecular formula is C17H21N3O2. The molecule has 3 rings (SSSR count). The zero-order valence-corrected chi connectivity index (χ0v) is 13.0. The molecule has 1 aromatic heterocycles. The molecule has 0 amide bonds. The maximum absolute atomic E-state index is 8.82. The van der Waals surface area contributed by atoms with Crippen LogP contribution in [0.15, 0.2) is 24.5 Å². The number of fused-ring (bicyclic) bond motifs is 1. The van der Waals surface area contributed by atoms with Crippen LogP contribution in [0.25, 0.3) is 0 Å². The lowest BCUT2D eigenvalue weighted by atomic mass is 9.93. The second-order valence-corrected chi connectivity index (χ2v) is 5.68. The van der Waals surface area contributed by atoms with Crippen molar-refractivity contribution in [1.82, 2.24) is 9.97 Å². The average Bonchev–Trinajstić information content (AvgIpc) is 2.53. The van der Waals surface area contributed by atoms with E-state index in [1.165, 1.54) is 22.3 Å². The number of benzene rings is 1. The summed E-state index contributed by atoms with van der Waals surface area (Å²) in [5, 5.41) is 8.82. The Morgan fingerprint density at radius 2 is 2.14 bits per heavy atom. The highest BCUT2D eigenvalue weighted by Crippen LogP contribution is 2.27. The first kappa shape index (κ1) is 14.8. The topological polar surface area (TPSA) is 58.5 Å². The summed E-state index contributed by atoms with van der Waals surface area (Å²) >= 11 is 0. The molecule has 1 N–H and O–H groups in total. The van der Waals surface area contributed by atoms with Gasteiger partial charge in [-0.05, 0) is 37.0 Å². The van der Waals surface area contributed by atoms with Gasteiger partial charge >= 0.3 is 0 Å². The quantitative estimate of drug-likeness (QED) is 0.936. The van der Waals surface area contributed by atoms with Crippen molar-refractivity contribution >= 4 is 5.82 Å². The predicted molar refractivity (Wildman–Crippen MR) is 85.3 cm³/mol. The molecule has 0 atom stereocenters. The smallest absolute Gasteiger partial charge is 0.234 e. The number of aromatic nitrogens is 2. The second-order valence-electron chi connectivity index (χ2n) is 5.68. The van der Waals surface area contributed by atoms with E-state index in [1.807, 2.05) is 0 Å². The molecule has 0 saturated carbocycles. The maximum Gasteiger partial charge on any atom is 0.234 e. The number of aliphatic hydroxyl groups excluding tert-OH is 1. The average molecular weight is 299 g/mol. The minimum atomic E-state index is -0.0262. The third-order valence-electron chi connectivity index (χ3n) is 3.97. The lowest BCUT2D eigenvalue weighted by Crippen LogP contribution is -2.31. The number of ether oxygens (including phenoxy) is 1. The van der Waals surface area contributed by atoms with Gasteiger partial charge in [0.05, 0.1) is 19.0 Å². The van der Waals surface area contributed by atoms with Gasteiger partial charge in [-0.15, -0.1) is 0 Å². The first-order chi connectivity index (χ1) is 10.7. The van der Waals surface area contributed by atoms with Crippen LogP contribution in [0.5, 0.6) is 5.88 Å². The molecule has 0 aliphatic carbocycles. The number of hydrogen-bond donors (Lipinski definition) is 1. The van der Waals surface area contributed by atoms with Crippen molar-refractivity contribution in [2.45, 2.75) is 26.8 Å². The minimum Gasteiger partial charge on any atom is -0.474 e. The molecule has 5 nitrogen and oxygen atoms in total. The second kappa shape index (κ2) is 6.32. The molecule has 0 unspecified atom stereocenters. The third kappa shape index (κ3) is 3.04. The Hall–Kier alpha value is -2.14. The monoisotopic (exact) mass is 299 g/mol. The van der Waals surface area contributed by atoms with Crippen LogP contribution in [-0.2, 0) is 13.0 Å². The van der Waals surface area contributed by atoms with Gasteiger partial charge in [0, 0.05) is 13.1 Å². The molecule has 0 saturated heterocycles. The summed E-state index contributed by atoms with van der Waals surface area (Å²) in [5.74, 6) is 1.28. The Bertz CT molecular complexity index is 673. The van der Waals surface area contributed by atoms with Crippen molar-refractivity contribution in [2.24, 2.45) is 0 Å². The Balaban J connectivity index is 1.82. The van der Waals surface area contributed by atoms with Gasteiger partial charge < -0.3 is 14.7 Å².